The normalized spacial score (nSPS) is 24.7. The van der Waals surface area contributed by atoms with Crippen molar-refractivity contribution in [3.63, 3.8) is 0 Å². The molecule has 39 heavy (non-hydrogen) atoms. The van der Waals surface area contributed by atoms with Gasteiger partial charge in [0.05, 0.1) is 28.9 Å². The standard InChI is InChI=1S/C30H37Cl2NO5S/c1-4-24(5-2)39(37,38)18-26(19-9-10-19)33-28(20-11-13-22(31)14-12-20)25(21-7-6-8-23(32)15-21)16-30(3,29(33)36)17-27(34)35/h6-8,11-15,19,24-26,28H,4-5,9-10,16-18H2,1-3H3,(H,34,35)/t25-,26-,28-,30+/m1/s1. The van der Waals surface area contributed by atoms with Gasteiger partial charge in [-0.3, -0.25) is 9.59 Å². The molecule has 1 N–H and O–H groups in total. The number of rotatable bonds is 11. The summed E-state index contributed by atoms with van der Waals surface area (Å²) in [5, 5.41) is 10.4. The first-order valence-corrected chi connectivity index (χ1v) is 16.1. The van der Waals surface area contributed by atoms with Crippen LogP contribution in [-0.4, -0.2) is 47.3 Å². The minimum atomic E-state index is -3.51. The van der Waals surface area contributed by atoms with Crippen molar-refractivity contribution in [3.05, 3.63) is 69.7 Å². The second-order valence-electron chi connectivity index (χ2n) is 11.4. The minimum Gasteiger partial charge on any atom is -0.481 e. The highest BCUT2D eigenvalue weighted by Gasteiger charge is 2.55. The highest BCUT2D eigenvalue weighted by molar-refractivity contribution is 7.92. The van der Waals surface area contributed by atoms with Crippen molar-refractivity contribution in [2.45, 2.75) is 82.5 Å². The van der Waals surface area contributed by atoms with Crippen molar-refractivity contribution < 1.29 is 23.1 Å². The third kappa shape index (κ3) is 6.47. The van der Waals surface area contributed by atoms with Crippen molar-refractivity contribution in [2.24, 2.45) is 11.3 Å². The van der Waals surface area contributed by atoms with Crippen LogP contribution < -0.4 is 0 Å². The topological polar surface area (TPSA) is 91.8 Å². The van der Waals surface area contributed by atoms with Gasteiger partial charge in [0, 0.05) is 22.0 Å². The number of amides is 1. The van der Waals surface area contributed by atoms with E-state index in [0.717, 1.165) is 24.0 Å². The van der Waals surface area contributed by atoms with E-state index >= 15 is 0 Å². The summed E-state index contributed by atoms with van der Waals surface area (Å²) in [6.45, 7) is 5.45. The second-order valence-corrected chi connectivity index (χ2v) is 14.6. The SMILES string of the molecule is CCC(CC)S(=O)(=O)C[C@H](C1CC1)N1C(=O)[C@](C)(CC(=O)O)C[C@H](c2cccc(Cl)c2)[C@H]1c1ccc(Cl)cc1. The number of carbonyl (C=O) groups excluding carboxylic acids is 1. The van der Waals surface area contributed by atoms with Gasteiger partial charge in [-0.1, -0.05) is 68.2 Å². The molecule has 2 aromatic carbocycles. The van der Waals surface area contributed by atoms with Crippen molar-refractivity contribution in [3.8, 4) is 0 Å². The molecule has 4 rings (SSSR count). The van der Waals surface area contributed by atoms with E-state index in [1.807, 2.05) is 44.2 Å². The number of likely N-dealkylation sites (tertiary alicyclic amines) is 1. The lowest BCUT2D eigenvalue weighted by Crippen LogP contribution is -2.58. The number of carboxylic acid groups (broad SMARTS) is 1. The number of halogens is 2. The van der Waals surface area contributed by atoms with E-state index in [4.69, 9.17) is 23.2 Å². The van der Waals surface area contributed by atoms with Crippen LogP contribution in [-0.2, 0) is 19.4 Å². The van der Waals surface area contributed by atoms with Crippen LogP contribution in [0.3, 0.4) is 0 Å². The number of carboxylic acids is 1. The zero-order valence-electron chi connectivity index (χ0n) is 22.6. The molecule has 9 heteroatoms. The molecule has 1 aliphatic carbocycles. The molecule has 212 valence electrons. The highest BCUT2D eigenvalue weighted by atomic mass is 35.5. The largest absolute Gasteiger partial charge is 0.481 e. The van der Waals surface area contributed by atoms with Crippen LogP contribution in [0.25, 0.3) is 0 Å². The fourth-order valence-corrected chi connectivity index (χ4v) is 8.86. The van der Waals surface area contributed by atoms with Gasteiger partial charge in [0.25, 0.3) is 0 Å². The molecule has 6 nitrogen and oxygen atoms in total. The zero-order valence-corrected chi connectivity index (χ0v) is 25.0. The Hall–Kier alpha value is -2.09. The molecule has 0 aromatic heterocycles. The molecule has 1 aliphatic heterocycles. The smallest absolute Gasteiger partial charge is 0.304 e. The van der Waals surface area contributed by atoms with Crippen molar-refractivity contribution in [1.29, 1.82) is 0 Å². The monoisotopic (exact) mass is 593 g/mol. The number of hydrogen-bond acceptors (Lipinski definition) is 4. The molecule has 0 radical (unpaired) electrons. The first kappa shape index (κ1) is 29.9. The van der Waals surface area contributed by atoms with Crippen LogP contribution in [0, 0.1) is 11.3 Å². The van der Waals surface area contributed by atoms with Crippen molar-refractivity contribution >= 4 is 44.9 Å². The fraction of sp³-hybridized carbons (Fsp3) is 0.533. The third-order valence-electron chi connectivity index (χ3n) is 8.48. The lowest BCUT2D eigenvalue weighted by molar-refractivity contribution is -0.160. The summed E-state index contributed by atoms with van der Waals surface area (Å²) in [6, 6.07) is 13.7. The predicted octanol–water partition coefficient (Wildman–Crippen LogP) is 6.91. The second kappa shape index (κ2) is 11.8. The van der Waals surface area contributed by atoms with Gasteiger partial charge in [-0.25, -0.2) is 8.42 Å². The molecule has 2 aliphatic rings. The van der Waals surface area contributed by atoms with E-state index in [1.165, 1.54) is 0 Å². The third-order valence-corrected chi connectivity index (χ3v) is 11.5. The van der Waals surface area contributed by atoms with E-state index < -0.39 is 38.6 Å². The number of benzene rings is 2. The summed E-state index contributed by atoms with van der Waals surface area (Å²) < 4.78 is 27.3. The molecular weight excluding hydrogens is 557 g/mol. The van der Waals surface area contributed by atoms with Gasteiger partial charge >= 0.3 is 5.97 Å². The molecule has 2 aromatic rings. The Labute approximate surface area is 241 Å². The van der Waals surface area contributed by atoms with Gasteiger partial charge in [-0.05, 0) is 73.4 Å². The number of nitrogens with zero attached hydrogens (tertiary/aromatic N) is 1. The number of carbonyl (C=O) groups is 2. The van der Waals surface area contributed by atoms with Gasteiger partial charge in [-0.15, -0.1) is 0 Å². The summed E-state index contributed by atoms with van der Waals surface area (Å²) in [5.41, 5.74) is 0.503. The predicted molar refractivity (Wildman–Crippen MR) is 155 cm³/mol. The summed E-state index contributed by atoms with van der Waals surface area (Å²) in [5.74, 6) is -1.76. The summed E-state index contributed by atoms with van der Waals surface area (Å²) in [4.78, 5) is 28.2. The Morgan fingerprint density at radius 2 is 1.69 bits per heavy atom. The molecule has 4 atom stereocenters. The maximum Gasteiger partial charge on any atom is 0.304 e. The maximum atomic E-state index is 14.5. The molecular formula is C30H37Cl2NO5S. The number of sulfone groups is 1. The Morgan fingerprint density at radius 1 is 1.05 bits per heavy atom. The van der Waals surface area contributed by atoms with E-state index in [9.17, 15) is 23.1 Å². The summed E-state index contributed by atoms with van der Waals surface area (Å²) in [6.07, 6.45) is 2.62. The molecule has 1 saturated heterocycles. The Bertz CT molecular complexity index is 1310. The lowest BCUT2D eigenvalue weighted by atomic mass is 9.67. The molecule has 1 amide bonds. The molecule has 0 bridgehead atoms. The quantitative estimate of drug-likeness (QED) is 0.305. The molecule has 0 spiro atoms. The molecule has 2 fully saturated rings. The Balaban J connectivity index is 1.92. The van der Waals surface area contributed by atoms with Crippen LogP contribution in [0.5, 0.6) is 0 Å². The van der Waals surface area contributed by atoms with Crippen LogP contribution in [0.4, 0.5) is 0 Å². The minimum absolute atomic E-state index is 0.0417. The number of piperidine rings is 1. The first-order chi connectivity index (χ1) is 18.4. The van der Waals surface area contributed by atoms with Crippen LogP contribution in [0.1, 0.15) is 82.4 Å². The van der Waals surface area contributed by atoms with Gasteiger partial charge < -0.3 is 10.0 Å². The number of hydrogen-bond donors (Lipinski definition) is 1. The molecule has 0 unspecified atom stereocenters. The maximum absolute atomic E-state index is 14.5. The Morgan fingerprint density at radius 3 is 2.23 bits per heavy atom. The van der Waals surface area contributed by atoms with E-state index in [2.05, 4.69) is 0 Å². The van der Waals surface area contributed by atoms with Crippen molar-refractivity contribution in [1.82, 2.24) is 4.90 Å². The first-order valence-electron chi connectivity index (χ1n) is 13.7. The zero-order chi connectivity index (χ0) is 28.5. The highest BCUT2D eigenvalue weighted by Crippen LogP contribution is 2.54. The van der Waals surface area contributed by atoms with Gasteiger partial charge in [0.2, 0.25) is 5.91 Å². The van der Waals surface area contributed by atoms with E-state index in [0.29, 0.717) is 29.3 Å². The van der Waals surface area contributed by atoms with Gasteiger partial charge in [0.15, 0.2) is 9.84 Å². The van der Waals surface area contributed by atoms with Crippen LogP contribution in [0.2, 0.25) is 10.0 Å². The summed E-state index contributed by atoms with van der Waals surface area (Å²) in [7, 11) is -3.51. The van der Waals surface area contributed by atoms with Crippen LogP contribution >= 0.6 is 23.2 Å². The fourth-order valence-electron chi connectivity index (χ4n) is 6.34. The average molecular weight is 595 g/mol. The van der Waals surface area contributed by atoms with Crippen molar-refractivity contribution in [2.75, 3.05) is 5.75 Å². The van der Waals surface area contributed by atoms with E-state index in [1.54, 1.807) is 30.0 Å². The Kier molecular flexibility index (Phi) is 9.04. The van der Waals surface area contributed by atoms with Crippen LogP contribution in [0.15, 0.2) is 48.5 Å². The summed E-state index contributed by atoms with van der Waals surface area (Å²) >= 11 is 12.6. The lowest BCUT2D eigenvalue weighted by Gasteiger charge is -2.52. The van der Waals surface area contributed by atoms with Gasteiger partial charge in [0.1, 0.15) is 0 Å². The van der Waals surface area contributed by atoms with Gasteiger partial charge in [-0.2, -0.15) is 0 Å². The van der Waals surface area contributed by atoms with E-state index in [-0.39, 0.29) is 29.9 Å². The molecule has 1 saturated carbocycles. The number of aliphatic carboxylic acids is 1. The average Bonchev–Trinajstić information content (AvgIpc) is 3.70. The molecule has 1 heterocycles.